The van der Waals surface area contributed by atoms with Crippen LogP contribution in [0.2, 0.25) is 0 Å². The maximum atomic E-state index is 5.81. The zero-order valence-corrected chi connectivity index (χ0v) is 23.8. The summed E-state index contributed by atoms with van der Waals surface area (Å²) in [4.78, 5) is 0. The first kappa shape index (κ1) is 36.0. The Balaban J connectivity index is 1.64. The first-order valence-electron chi connectivity index (χ1n) is 13.7. The van der Waals surface area contributed by atoms with Gasteiger partial charge in [-0.15, -0.1) is 0 Å². The van der Waals surface area contributed by atoms with Gasteiger partial charge in [0.15, 0.2) is 0 Å². The highest BCUT2D eigenvalue weighted by Gasteiger charge is 1.99. The van der Waals surface area contributed by atoms with Crippen molar-refractivity contribution in [2.24, 2.45) is 0 Å². The van der Waals surface area contributed by atoms with Gasteiger partial charge in [-0.1, -0.05) is 18.7 Å². The van der Waals surface area contributed by atoms with Gasteiger partial charge in [-0.3, -0.25) is 0 Å². The number of ether oxygens (including phenoxy) is 11. The number of benzene rings is 1. The average Bonchev–Trinajstić information content (AvgIpc) is 2.97. The molecule has 2 N–H and O–H groups in total. The van der Waals surface area contributed by atoms with Crippen LogP contribution in [0.4, 0.5) is 5.69 Å². The van der Waals surface area contributed by atoms with Gasteiger partial charge in [-0.25, -0.2) is 0 Å². The third kappa shape index (κ3) is 25.0. The van der Waals surface area contributed by atoms with E-state index in [9.17, 15) is 0 Å². The third-order valence-corrected chi connectivity index (χ3v) is 4.84. The first-order chi connectivity index (χ1) is 19.8. The molecule has 12 nitrogen and oxygen atoms in total. The number of rotatable bonds is 32. The van der Waals surface area contributed by atoms with Crippen molar-refractivity contribution in [2.45, 2.75) is 0 Å². The van der Waals surface area contributed by atoms with E-state index in [1.807, 2.05) is 18.2 Å². The lowest BCUT2D eigenvalue weighted by atomic mass is 10.3. The van der Waals surface area contributed by atoms with Crippen molar-refractivity contribution in [2.75, 3.05) is 138 Å². The number of hydrogen-bond donors (Lipinski definition) is 1. The van der Waals surface area contributed by atoms with Crippen LogP contribution in [0.25, 0.3) is 0 Å². The summed E-state index contributed by atoms with van der Waals surface area (Å²) in [5.41, 5.74) is 6.43. The van der Waals surface area contributed by atoms with Crippen LogP contribution in [0, 0.1) is 0 Å². The van der Waals surface area contributed by atoms with Crippen LogP contribution in [0.3, 0.4) is 0 Å². The monoisotopic (exact) mass is 575 g/mol. The van der Waals surface area contributed by atoms with Gasteiger partial charge in [0.1, 0.15) is 19.0 Å². The molecule has 232 valence electrons. The second-order valence-corrected chi connectivity index (χ2v) is 7.94. The van der Waals surface area contributed by atoms with Crippen molar-refractivity contribution >= 4 is 5.69 Å². The number of nitrogens with two attached hydrogens (primary N) is 1. The van der Waals surface area contributed by atoms with Crippen molar-refractivity contribution in [1.29, 1.82) is 0 Å². The lowest BCUT2D eigenvalue weighted by Crippen LogP contribution is -2.15. The molecule has 0 fully saturated rings. The Bertz CT molecular complexity index is 669. The van der Waals surface area contributed by atoms with Gasteiger partial charge in [0.05, 0.1) is 131 Å². The summed E-state index contributed by atoms with van der Waals surface area (Å²) in [5.74, 6) is 0.669. The second kappa shape index (κ2) is 30.0. The fraction of sp³-hybridized carbons (Fsp3) is 0.714. The number of nitrogen functional groups attached to an aromatic ring is 1. The van der Waals surface area contributed by atoms with Gasteiger partial charge in [0.2, 0.25) is 0 Å². The van der Waals surface area contributed by atoms with E-state index in [0.717, 1.165) is 0 Å². The van der Waals surface area contributed by atoms with E-state index >= 15 is 0 Å². The summed E-state index contributed by atoms with van der Waals surface area (Å²) in [6.07, 6.45) is 1.40. The third-order valence-electron chi connectivity index (χ3n) is 4.84. The van der Waals surface area contributed by atoms with E-state index in [1.54, 1.807) is 6.07 Å². The Morgan fingerprint density at radius 3 is 1.07 bits per heavy atom. The lowest BCUT2D eigenvalue weighted by Gasteiger charge is -2.09. The van der Waals surface area contributed by atoms with E-state index in [4.69, 9.17) is 57.8 Å². The molecule has 0 aromatic heterocycles. The van der Waals surface area contributed by atoms with Gasteiger partial charge < -0.3 is 57.8 Å². The van der Waals surface area contributed by atoms with Crippen LogP contribution in [0.1, 0.15) is 0 Å². The minimum atomic E-state index is 0.440. The van der Waals surface area contributed by atoms with E-state index in [2.05, 4.69) is 6.58 Å². The van der Waals surface area contributed by atoms with Gasteiger partial charge in [-0.05, 0) is 12.1 Å². The Hall–Kier alpha value is -2.00. The number of para-hydroxylation sites is 2. The standard InChI is InChI=1S/C28H49NO11/c1-2-30-7-8-31-9-10-32-11-12-33-13-14-34-15-16-35-17-18-36-19-20-37-21-22-38-23-24-39-25-26-40-28-6-4-3-5-27(28)29/h2-6H,1,7-26,29H2. The molecule has 1 aromatic rings. The van der Waals surface area contributed by atoms with Crippen LogP contribution < -0.4 is 10.5 Å². The molecule has 1 rings (SSSR count). The van der Waals surface area contributed by atoms with Crippen molar-refractivity contribution in [3.05, 3.63) is 37.1 Å². The molecule has 1 aromatic carbocycles. The number of hydrogen-bond acceptors (Lipinski definition) is 12. The summed E-state index contributed by atoms with van der Waals surface area (Å²) >= 11 is 0. The largest absolute Gasteiger partial charge is 0.499 e. The molecule has 0 unspecified atom stereocenters. The van der Waals surface area contributed by atoms with Crippen molar-refractivity contribution < 1.29 is 52.1 Å². The molecular formula is C28H49NO11. The summed E-state index contributed by atoms with van der Waals surface area (Å²) in [6.45, 7) is 13.6. The van der Waals surface area contributed by atoms with Gasteiger partial charge >= 0.3 is 0 Å². The highest BCUT2D eigenvalue weighted by molar-refractivity contribution is 5.51. The summed E-state index contributed by atoms with van der Waals surface area (Å²) in [6, 6.07) is 7.38. The molecule has 12 heteroatoms. The van der Waals surface area contributed by atoms with Gasteiger partial charge in [0.25, 0.3) is 0 Å². The predicted octanol–water partition coefficient (Wildman–Crippen LogP) is 1.96. The van der Waals surface area contributed by atoms with E-state index in [-0.39, 0.29) is 0 Å². The molecular weight excluding hydrogens is 526 g/mol. The molecule has 0 spiro atoms. The predicted molar refractivity (Wildman–Crippen MR) is 150 cm³/mol. The van der Waals surface area contributed by atoms with Gasteiger partial charge in [-0.2, -0.15) is 0 Å². The van der Waals surface area contributed by atoms with Crippen molar-refractivity contribution in [3.8, 4) is 5.75 Å². The molecule has 0 saturated heterocycles. The number of anilines is 1. The Morgan fingerprint density at radius 1 is 0.450 bits per heavy atom. The Morgan fingerprint density at radius 2 is 0.750 bits per heavy atom. The maximum absolute atomic E-state index is 5.81. The quantitative estimate of drug-likeness (QED) is 0.0766. The molecule has 0 heterocycles. The summed E-state index contributed by atoms with van der Waals surface area (Å²) in [7, 11) is 0. The van der Waals surface area contributed by atoms with Crippen molar-refractivity contribution in [1.82, 2.24) is 0 Å². The summed E-state index contributed by atoms with van der Waals surface area (Å²) < 4.78 is 59.4. The average molecular weight is 576 g/mol. The van der Waals surface area contributed by atoms with Crippen LogP contribution >= 0.6 is 0 Å². The molecule has 0 aliphatic carbocycles. The molecule has 0 bridgehead atoms. The smallest absolute Gasteiger partial charge is 0.142 e. The summed E-state index contributed by atoms with van der Waals surface area (Å²) in [5, 5.41) is 0. The van der Waals surface area contributed by atoms with Crippen molar-refractivity contribution in [3.63, 3.8) is 0 Å². The normalized spacial score (nSPS) is 11.1. The fourth-order valence-electron chi connectivity index (χ4n) is 2.87. The Kier molecular flexibility index (Phi) is 27.0. The van der Waals surface area contributed by atoms with Crippen LogP contribution in [0.5, 0.6) is 5.75 Å². The molecule has 0 saturated carbocycles. The molecule has 0 radical (unpaired) electrons. The van der Waals surface area contributed by atoms with E-state index in [0.29, 0.717) is 144 Å². The first-order valence-corrected chi connectivity index (χ1v) is 13.7. The van der Waals surface area contributed by atoms with Crippen LogP contribution in [-0.2, 0) is 47.4 Å². The highest BCUT2D eigenvalue weighted by atomic mass is 16.6. The minimum absolute atomic E-state index is 0.440. The minimum Gasteiger partial charge on any atom is -0.499 e. The fourth-order valence-corrected chi connectivity index (χ4v) is 2.87. The lowest BCUT2D eigenvalue weighted by molar-refractivity contribution is -0.0259. The molecule has 0 aliphatic rings. The molecule has 0 aliphatic heterocycles. The molecule has 0 amide bonds. The van der Waals surface area contributed by atoms with E-state index in [1.165, 1.54) is 6.26 Å². The van der Waals surface area contributed by atoms with Gasteiger partial charge in [0, 0.05) is 0 Å². The topological polar surface area (TPSA) is 128 Å². The van der Waals surface area contributed by atoms with E-state index < -0.39 is 0 Å². The maximum Gasteiger partial charge on any atom is 0.142 e. The van der Waals surface area contributed by atoms with Crippen LogP contribution in [0.15, 0.2) is 37.1 Å². The van der Waals surface area contributed by atoms with Crippen LogP contribution in [-0.4, -0.2) is 132 Å². The second-order valence-electron chi connectivity index (χ2n) is 7.94. The molecule has 40 heavy (non-hydrogen) atoms. The molecule has 0 atom stereocenters. The Labute approximate surface area is 238 Å². The zero-order valence-electron chi connectivity index (χ0n) is 23.8. The zero-order chi connectivity index (χ0) is 28.6. The SMILES string of the molecule is C=COCCOCCOCCOCCOCCOCCOCCOCCOCCOCCOc1ccccc1N. The highest BCUT2D eigenvalue weighted by Crippen LogP contribution is 2.19.